The first kappa shape index (κ1) is 14.7. The topological polar surface area (TPSA) is 97.0 Å². The van der Waals surface area contributed by atoms with Gasteiger partial charge in [0.15, 0.2) is 5.65 Å². The van der Waals surface area contributed by atoms with Crippen molar-refractivity contribution in [2.45, 2.75) is 25.8 Å². The van der Waals surface area contributed by atoms with Gasteiger partial charge in [-0.2, -0.15) is 4.98 Å². The highest BCUT2D eigenvalue weighted by molar-refractivity contribution is 5.73. The molecule has 0 amide bonds. The minimum absolute atomic E-state index is 0.0744. The Kier molecular flexibility index (Phi) is 3.64. The lowest BCUT2D eigenvalue weighted by atomic mass is 10.1. The quantitative estimate of drug-likeness (QED) is 0.774. The van der Waals surface area contributed by atoms with Gasteiger partial charge in [0, 0.05) is 19.3 Å². The molecule has 0 spiro atoms. The number of fused-ring (bicyclic) bond motifs is 1. The van der Waals surface area contributed by atoms with Gasteiger partial charge < -0.3 is 9.32 Å². The Balaban J connectivity index is 1.76. The normalized spacial score (nSPS) is 15.1. The van der Waals surface area contributed by atoms with Crippen LogP contribution in [0.15, 0.2) is 38.6 Å². The number of hydrogen-bond acceptors (Lipinski definition) is 6. The Hall–Kier alpha value is -2.90. The first-order valence-corrected chi connectivity index (χ1v) is 7.99. The maximum absolute atomic E-state index is 12.6. The molecule has 4 rings (SSSR count). The van der Waals surface area contributed by atoms with Crippen molar-refractivity contribution in [1.82, 2.24) is 19.5 Å². The van der Waals surface area contributed by atoms with Gasteiger partial charge in [0.05, 0.1) is 12.8 Å². The molecule has 1 fully saturated rings. The standard InChI is InChI=1S/C16H17N5O3/c22-14-12-9-17-15(20-6-2-1-3-7-20)18-13(12)19-16(23)21(14)10-11-5-4-8-24-11/h4-5,8-9H,1-3,6-7,10H2,(H,17,18,19,23). The van der Waals surface area contributed by atoms with E-state index in [9.17, 15) is 9.59 Å². The molecule has 0 atom stereocenters. The first-order valence-electron chi connectivity index (χ1n) is 7.99. The summed E-state index contributed by atoms with van der Waals surface area (Å²) in [6.07, 6.45) is 6.40. The average Bonchev–Trinajstić information content (AvgIpc) is 3.12. The van der Waals surface area contributed by atoms with E-state index >= 15 is 0 Å². The van der Waals surface area contributed by atoms with Gasteiger partial charge in [0.1, 0.15) is 11.1 Å². The largest absolute Gasteiger partial charge is 0.467 e. The predicted octanol–water partition coefficient (Wildman–Crippen LogP) is 1.11. The highest BCUT2D eigenvalue weighted by Gasteiger charge is 2.16. The third kappa shape index (κ3) is 2.60. The van der Waals surface area contributed by atoms with Crippen molar-refractivity contribution in [1.29, 1.82) is 0 Å². The van der Waals surface area contributed by atoms with Crippen molar-refractivity contribution in [3.05, 3.63) is 51.2 Å². The summed E-state index contributed by atoms with van der Waals surface area (Å²) < 4.78 is 6.30. The summed E-state index contributed by atoms with van der Waals surface area (Å²) in [4.78, 5) is 38.3. The van der Waals surface area contributed by atoms with E-state index in [1.807, 2.05) is 0 Å². The Morgan fingerprint density at radius 3 is 2.79 bits per heavy atom. The molecule has 124 valence electrons. The first-order chi connectivity index (χ1) is 11.7. The zero-order valence-electron chi connectivity index (χ0n) is 13.1. The summed E-state index contributed by atoms with van der Waals surface area (Å²) in [7, 11) is 0. The fourth-order valence-electron chi connectivity index (χ4n) is 2.98. The Labute approximate surface area is 136 Å². The van der Waals surface area contributed by atoms with Crippen molar-refractivity contribution in [3.8, 4) is 0 Å². The molecule has 0 aromatic carbocycles. The van der Waals surface area contributed by atoms with Crippen LogP contribution >= 0.6 is 0 Å². The van der Waals surface area contributed by atoms with E-state index in [4.69, 9.17) is 4.42 Å². The fourth-order valence-corrected chi connectivity index (χ4v) is 2.98. The Morgan fingerprint density at radius 1 is 1.21 bits per heavy atom. The number of H-pyrrole nitrogens is 1. The highest BCUT2D eigenvalue weighted by atomic mass is 16.3. The highest BCUT2D eigenvalue weighted by Crippen LogP contribution is 2.16. The molecule has 3 aromatic heterocycles. The van der Waals surface area contributed by atoms with Crippen molar-refractivity contribution in [3.63, 3.8) is 0 Å². The summed E-state index contributed by atoms with van der Waals surface area (Å²) >= 11 is 0. The SMILES string of the molecule is O=c1[nH]c2nc(N3CCCCC3)ncc2c(=O)n1Cc1ccco1. The minimum atomic E-state index is -0.507. The zero-order chi connectivity index (χ0) is 16.5. The maximum atomic E-state index is 12.6. The molecular weight excluding hydrogens is 310 g/mol. The van der Waals surface area contributed by atoms with Crippen molar-refractivity contribution in [2.75, 3.05) is 18.0 Å². The van der Waals surface area contributed by atoms with E-state index in [0.29, 0.717) is 17.1 Å². The van der Waals surface area contributed by atoms with Crippen LogP contribution in [0.5, 0.6) is 0 Å². The number of anilines is 1. The van der Waals surface area contributed by atoms with Crippen LogP contribution in [0.4, 0.5) is 5.95 Å². The van der Waals surface area contributed by atoms with E-state index in [1.165, 1.54) is 18.9 Å². The molecule has 1 N–H and O–H groups in total. The minimum Gasteiger partial charge on any atom is -0.467 e. The molecule has 0 saturated carbocycles. The number of nitrogens with zero attached hydrogens (tertiary/aromatic N) is 4. The number of furan rings is 1. The monoisotopic (exact) mass is 327 g/mol. The summed E-state index contributed by atoms with van der Waals surface area (Å²) in [5.74, 6) is 1.09. The lowest BCUT2D eigenvalue weighted by Crippen LogP contribution is -2.36. The van der Waals surface area contributed by atoms with E-state index < -0.39 is 11.2 Å². The van der Waals surface area contributed by atoms with Crippen LogP contribution in [-0.2, 0) is 6.54 Å². The number of rotatable bonds is 3. The van der Waals surface area contributed by atoms with Crippen molar-refractivity contribution < 1.29 is 4.42 Å². The molecule has 24 heavy (non-hydrogen) atoms. The van der Waals surface area contributed by atoms with Gasteiger partial charge in [-0.3, -0.25) is 14.3 Å². The average molecular weight is 327 g/mol. The van der Waals surface area contributed by atoms with Crippen LogP contribution in [0.25, 0.3) is 11.0 Å². The van der Waals surface area contributed by atoms with Crippen LogP contribution < -0.4 is 16.1 Å². The van der Waals surface area contributed by atoms with E-state index in [1.54, 1.807) is 12.1 Å². The third-order valence-corrected chi connectivity index (χ3v) is 4.26. The van der Waals surface area contributed by atoms with Gasteiger partial charge in [-0.15, -0.1) is 0 Å². The molecule has 3 aromatic rings. The molecule has 0 aliphatic carbocycles. The fraction of sp³-hybridized carbons (Fsp3) is 0.375. The lowest BCUT2D eigenvalue weighted by molar-refractivity contribution is 0.484. The molecule has 8 nitrogen and oxygen atoms in total. The molecule has 0 bridgehead atoms. The van der Waals surface area contributed by atoms with Crippen molar-refractivity contribution in [2.24, 2.45) is 0 Å². The van der Waals surface area contributed by atoms with Gasteiger partial charge in [-0.25, -0.2) is 9.78 Å². The Bertz CT molecular complexity index is 968. The van der Waals surface area contributed by atoms with Gasteiger partial charge >= 0.3 is 5.69 Å². The van der Waals surface area contributed by atoms with Crippen LogP contribution in [0.1, 0.15) is 25.0 Å². The number of aromatic nitrogens is 4. The predicted molar refractivity (Wildman–Crippen MR) is 88.3 cm³/mol. The second-order valence-corrected chi connectivity index (χ2v) is 5.88. The third-order valence-electron chi connectivity index (χ3n) is 4.26. The molecule has 0 unspecified atom stereocenters. The van der Waals surface area contributed by atoms with Crippen LogP contribution in [0.3, 0.4) is 0 Å². The second-order valence-electron chi connectivity index (χ2n) is 5.88. The van der Waals surface area contributed by atoms with Crippen LogP contribution in [-0.4, -0.2) is 32.6 Å². The number of piperidine rings is 1. The summed E-state index contributed by atoms with van der Waals surface area (Å²) in [5, 5.41) is 0.293. The van der Waals surface area contributed by atoms with Gasteiger partial charge in [-0.05, 0) is 31.4 Å². The van der Waals surface area contributed by atoms with Crippen molar-refractivity contribution >= 4 is 17.0 Å². The molecule has 4 heterocycles. The number of nitrogens with one attached hydrogen (secondary N) is 1. The molecule has 1 aliphatic rings. The van der Waals surface area contributed by atoms with E-state index in [2.05, 4.69) is 19.9 Å². The molecule has 1 aliphatic heterocycles. The molecule has 0 radical (unpaired) electrons. The summed E-state index contributed by atoms with van der Waals surface area (Å²) in [6.45, 7) is 1.86. The lowest BCUT2D eigenvalue weighted by Gasteiger charge is -2.26. The summed E-state index contributed by atoms with van der Waals surface area (Å²) in [6, 6.07) is 3.43. The van der Waals surface area contributed by atoms with E-state index in [0.717, 1.165) is 30.5 Å². The molecule has 8 heteroatoms. The van der Waals surface area contributed by atoms with E-state index in [-0.39, 0.29) is 12.2 Å². The number of hydrogen-bond donors (Lipinski definition) is 1. The van der Waals surface area contributed by atoms with Gasteiger partial charge in [-0.1, -0.05) is 0 Å². The summed E-state index contributed by atoms with van der Waals surface area (Å²) in [5.41, 5.74) is -0.654. The zero-order valence-corrected chi connectivity index (χ0v) is 13.1. The smallest absolute Gasteiger partial charge is 0.330 e. The van der Waals surface area contributed by atoms with Gasteiger partial charge in [0.2, 0.25) is 5.95 Å². The molecule has 1 saturated heterocycles. The second kappa shape index (κ2) is 5.95. The van der Waals surface area contributed by atoms with Gasteiger partial charge in [0.25, 0.3) is 5.56 Å². The molecular formula is C16H17N5O3. The van der Waals surface area contributed by atoms with Crippen LogP contribution in [0, 0.1) is 0 Å². The maximum Gasteiger partial charge on any atom is 0.330 e. The Morgan fingerprint density at radius 2 is 2.04 bits per heavy atom. The van der Waals surface area contributed by atoms with Crippen LogP contribution in [0.2, 0.25) is 0 Å². The number of aromatic amines is 1.